The summed E-state index contributed by atoms with van der Waals surface area (Å²) >= 11 is 0. The van der Waals surface area contributed by atoms with Crippen LogP contribution in [0.1, 0.15) is 18.9 Å². The first-order valence-electron chi connectivity index (χ1n) is 8.14. The smallest absolute Gasteiger partial charge is 0.408 e. The van der Waals surface area contributed by atoms with E-state index in [1.165, 1.54) is 10.1 Å². The van der Waals surface area contributed by atoms with Gasteiger partial charge in [-0.2, -0.15) is 0 Å². The fourth-order valence-corrected chi connectivity index (χ4v) is 2.67. The van der Waals surface area contributed by atoms with Crippen LogP contribution >= 0.6 is 0 Å². The maximum atomic E-state index is 12.2. The van der Waals surface area contributed by atoms with Gasteiger partial charge in [0.25, 0.3) is 0 Å². The van der Waals surface area contributed by atoms with Gasteiger partial charge < -0.3 is 9.73 Å². The first-order chi connectivity index (χ1) is 12.0. The van der Waals surface area contributed by atoms with E-state index in [2.05, 4.69) is 17.4 Å². The van der Waals surface area contributed by atoms with E-state index in [1.807, 2.05) is 25.1 Å². The quantitative estimate of drug-likeness (QED) is 0.723. The minimum atomic E-state index is -0.421. The lowest BCUT2D eigenvalue weighted by Crippen LogP contribution is -2.09. The topological polar surface area (TPSA) is 64.2 Å². The highest BCUT2D eigenvalue weighted by Crippen LogP contribution is 2.18. The Hall–Kier alpha value is -3.08. The van der Waals surface area contributed by atoms with Gasteiger partial charge in [-0.3, -0.25) is 9.36 Å². The molecule has 1 amide bonds. The molecule has 0 fully saturated rings. The summed E-state index contributed by atoms with van der Waals surface area (Å²) in [5, 5.41) is 2.81. The van der Waals surface area contributed by atoms with Crippen LogP contribution in [0.5, 0.6) is 0 Å². The summed E-state index contributed by atoms with van der Waals surface area (Å²) in [7, 11) is 1.64. The van der Waals surface area contributed by atoms with Crippen LogP contribution in [0.15, 0.2) is 69.4 Å². The van der Waals surface area contributed by atoms with Crippen LogP contribution in [0.2, 0.25) is 0 Å². The zero-order valence-corrected chi connectivity index (χ0v) is 14.3. The van der Waals surface area contributed by atoms with Crippen LogP contribution in [0.4, 0.5) is 5.69 Å². The van der Waals surface area contributed by atoms with Crippen LogP contribution in [-0.4, -0.2) is 10.5 Å². The average molecular weight is 336 g/mol. The molecule has 0 atom stereocenters. The van der Waals surface area contributed by atoms with Gasteiger partial charge in [0, 0.05) is 24.9 Å². The zero-order valence-electron chi connectivity index (χ0n) is 14.3. The van der Waals surface area contributed by atoms with Crippen molar-refractivity contribution in [1.82, 2.24) is 4.57 Å². The number of nitrogens with zero attached hydrogens (tertiary/aromatic N) is 1. The maximum absolute atomic E-state index is 12.2. The first kappa shape index (κ1) is 16.8. The van der Waals surface area contributed by atoms with Gasteiger partial charge in [0.05, 0.1) is 5.52 Å². The molecule has 0 aliphatic heterocycles. The Morgan fingerprint density at radius 2 is 1.96 bits per heavy atom. The van der Waals surface area contributed by atoms with Crippen LogP contribution in [0.25, 0.3) is 11.1 Å². The van der Waals surface area contributed by atoms with Crippen LogP contribution < -0.4 is 11.1 Å². The van der Waals surface area contributed by atoms with Crippen molar-refractivity contribution in [3.63, 3.8) is 0 Å². The Balaban J connectivity index is 1.64. The van der Waals surface area contributed by atoms with Crippen molar-refractivity contribution in [2.45, 2.75) is 19.8 Å². The first-order valence-corrected chi connectivity index (χ1v) is 8.14. The van der Waals surface area contributed by atoms with Gasteiger partial charge >= 0.3 is 5.76 Å². The van der Waals surface area contributed by atoms with Gasteiger partial charge in [-0.1, -0.05) is 35.9 Å². The lowest BCUT2D eigenvalue weighted by molar-refractivity contribution is -0.112. The number of allylic oxidation sites excluding steroid dienone is 1. The number of aromatic nitrogens is 1. The molecule has 25 heavy (non-hydrogen) atoms. The van der Waals surface area contributed by atoms with Crippen molar-refractivity contribution >= 4 is 22.7 Å². The average Bonchev–Trinajstić information content (AvgIpc) is 2.87. The molecule has 3 rings (SSSR count). The molecule has 0 unspecified atom stereocenters. The van der Waals surface area contributed by atoms with Crippen LogP contribution in [0.3, 0.4) is 0 Å². The maximum Gasteiger partial charge on any atom is 0.419 e. The lowest BCUT2D eigenvalue weighted by atomic mass is 10.1. The summed E-state index contributed by atoms with van der Waals surface area (Å²) in [5.41, 5.74) is 4.00. The number of benzene rings is 2. The van der Waals surface area contributed by atoms with E-state index in [0.29, 0.717) is 16.8 Å². The number of nitrogens with one attached hydrogen (secondary N) is 1. The predicted octanol–water partition coefficient (Wildman–Crippen LogP) is 3.65. The van der Waals surface area contributed by atoms with Crippen molar-refractivity contribution in [3.05, 3.63) is 76.3 Å². The summed E-state index contributed by atoms with van der Waals surface area (Å²) in [4.78, 5) is 23.7. The second kappa shape index (κ2) is 7.21. The molecule has 1 N–H and O–H groups in total. The number of anilines is 1. The van der Waals surface area contributed by atoms with Gasteiger partial charge in [0.2, 0.25) is 5.91 Å². The van der Waals surface area contributed by atoms with Gasteiger partial charge in [-0.15, -0.1) is 0 Å². The number of hydrogen-bond acceptors (Lipinski definition) is 3. The van der Waals surface area contributed by atoms with Crippen molar-refractivity contribution in [1.29, 1.82) is 0 Å². The lowest BCUT2D eigenvalue weighted by Gasteiger charge is -2.05. The van der Waals surface area contributed by atoms with Gasteiger partial charge in [-0.25, -0.2) is 4.79 Å². The number of oxazole rings is 1. The molecule has 5 nitrogen and oxygen atoms in total. The molecule has 0 bridgehead atoms. The molecule has 1 heterocycles. The molecule has 0 aliphatic rings. The highest BCUT2D eigenvalue weighted by molar-refractivity contribution is 6.00. The molecular weight excluding hydrogens is 316 g/mol. The highest BCUT2D eigenvalue weighted by Gasteiger charge is 2.07. The van der Waals surface area contributed by atoms with Crippen LogP contribution in [0, 0.1) is 0 Å². The van der Waals surface area contributed by atoms with E-state index in [0.717, 1.165) is 18.4 Å². The summed E-state index contributed by atoms with van der Waals surface area (Å²) in [5.74, 6) is -0.613. The third-order valence-electron chi connectivity index (χ3n) is 4.09. The molecule has 0 spiro atoms. The molecule has 0 aliphatic carbocycles. The predicted molar refractivity (Wildman–Crippen MR) is 98.6 cm³/mol. The second-order valence-electron chi connectivity index (χ2n) is 6.08. The third kappa shape index (κ3) is 4.07. The van der Waals surface area contributed by atoms with E-state index >= 15 is 0 Å². The van der Waals surface area contributed by atoms with Crippen LogP contribution in [-0.2, 0) is 18.3 Å². The number of amides is 1. The fourth-order valence-electron chi connectivity index (χ4n) is 2.67. The van der Waals surface area contributed by atoms with E-state index in [9.17, 15) is 9.59 Å². The number of carbonyl (C=O) groups is 1. The number of carbonyl (C=O) groups excluding carboxylic acids is 1. The SMILES string of the molecule is C/C(=C/C(=O)Nc1ccc2c(c1)oc(=O)n2C)CCc1ccccc1. The number of rotatable bonds is 5. The molecule has 5 heteroatoms. The Morgan fingerprint density at radius 3 is 2.72 bits per heavy atom. The van der Waals surface area contributed by atoms with Gasteiger partial charge in [0.1, 0.15) is 0 Å². The standard InChI is InChI=1S/C20H20N2O3/c1-14(8-9-15-6-4-3-5-7-15)12-19(23)21-16-10-11-17-18(13-16)25-20(24)22(17)2/h3-7,10-13H,8-9H2,1-2H3,(H,21,23)/b14-12-. The molecule has 2 aromatic carbocycles. The van der Waals surface area contributed by atoms with E-state index in [1.54, 1.807) is 31.3 Å². The summed E-state index contributed by atoms with van der Waals surface area (Å²) in [6.07, 6.45) is 3.33. The molecular formula is C20H20N2O3. The Morgan fingerprint density at radius 1 is 1.20 bits per heavy atom. The molecule has 128 valence electrons. The molecule has 1 aromatic heterocycles. The monoisotopic (exact) mass is 336 g/mol. The Kier molecular flexibility index (Phi) is 4.84. The van der Waals surface area contributed by atoms with E-state index in [-0.39, 0.29) is 5.91 Å². The molecule has 0 radical (unpaired) electrons. The highest BCUT2D eigenvalue weighted by atomic mass is 16.4. The fraction of sp³-hybridized carbons (Fsp3) is 0.200. The minimum absolute atomic E-state index is 0.191. The third-order valence-corrected chi connectivity index (χ3v) is 4.09. The Bertz CT molecular complexity index is 981. The summed E-state index contributed by atoms with van der Waals surface area (Å²) in [6, 6.07) is 15.3. The second-order valence-corrected chi connectivity index (χ2v) is 6.08. The zero-order chi connectivity index (χ0) is 17.8. The number of fused-ring (bicyclic) bond motifs is 1. The van der Waals surface area contributed by atoms with Crippen molar-refractivity contribution in [2.75, 3.05) is 5.32 Å². The number of aryl methyl sites for hydroxylation is 2. The minimum Gasteiger partial charge on any atom is -0.408 e. The summed E-state index contributed by atoms with van der Waals surface area (Å²) < 4.78 is 6.56. The largest absolute Gasteiger partial charge is 0.419 e. The molecule has 0 saturated carbocycles. The van der Waals surface area contributed by atoms with Crippen molar-refractivity contribution in [2.24, 2.45) is 7.05 Å². The normalized spacial score (nSPS) is 11.7. The molecule has 0 saturated heterocycles. The van der Waals surface area contributed by atoms with Gasteiger partial charge in [0.15, 0.2) is 5.58 Å². The van der Waals surface area contributed by atoms with E-state index < -0.39 is 5.76 Å². The van der Waals surface area contributed by atoms with E-state index in [4.69, 9.17) is 4.42 Å². The van der Waals surface area contributed by atoms with Gasteiger partial charge in [-0.05, 0) is 37.5 Å². The van der Waals surface area contributed by atoms with Crippen molar-refractivity contribution in [3.8, 4) is 0 Å². The number of hydrogen-bond donors (Lipinski definition) is 1. The molecule has 3 aromatic rings. The Labute approximate surface area is 145 Å². The summed E-state index contributed by atoms with van der Waals surface area (Å²) in [6.45, 7) is 1.95. The van der Waals surface area contributed by atoms with Crippen molar-refractivity contribution < 1.29 is 9.21 Å².